The largest absolute Gasteiger partial charge is 0.355 e. The Labute approximate surface area is 162 Å². The van der Waals surface area contributed by atoms with Crippen LogP contribution in [0, 0.1) is 5.92 Å². The Balaban J connectivity index is 1.67. The summed E-state index contributed by atoms with van der Waals surface area (Å²) in [4.78, 5) is 39.3. The second kappa shape index (κ2) is 9.56. The van der Waals surface area contributed by atoms with Gasteiger partial charge in [0.15, 0.2) is 0 Å². The highest BCUT2D eigenvalue weighted by Crippen LogP contribution is 2.18. The van der Waals surface area contributed by atoms with Crippen LogP contribution in [0.5, 0.6) is 0 Å². The van der Waals surface area contributed by atoms with Gasteiger partial charge < -0.3 is 20.4 Å². The molecule has 1 saturated heterocycles. The average Bonchev–Trinajstić information content (AvgIpc) is 2.63. The Bertz CT molecular complexity index is 640. The molecule has 2 rings (SSSR count). The van der Waals surface area contributed by atoms with Crippen molar-refractivity contribution >= 4 is 39.5 Å². The Morgan fingerprint density at radius 3 is 2.35 bits per heavy atom. The first-order valence-corrected chi connectivity index (χ1v) is 9.45. The van der Waals surface area contributed by atoms with Crippen LogP contribution in [0.15, 0.2) is 28.7 Å². The van der Waals surface area contributed by atoms with Crippen LogP contribution in [0.2, 0.25) is 0 Å². The fraction of sp³-hybridized carbons (Fsp3) is 0.500. The maximum Gasteiger partial charge on any atom is 0.319 e. The molecule has 7 nitrogen and oxygen atoms in total. The minimum absolute atomic E-state index is 0.0199. The van der Waals surface area contributed by atoms with Crippen molar-refractivity contribution < 1.29 is 14.4 Å². The topological polar surface area (TPSA) is 81.8 Å². The lowest BCUT2D eigenvalue weighted by molar-refractivity contribution is -0.126. The van der Waals surface area contributed by atoms with Crippen molar-refractivity contribution in [1.29, 1.82) is 0 Å². The van der Waals surface area contributed by atoms with Gasteiger partial charge in [-0.2, -0.15) is 0 Å². The fourth-order valence-electron chi connectivity index (χ4n) is 2.82. The van der Waals surface area contributed by atoms with Gasteiger partial charge in [-0.1, -0.05) is 15.9 Å². The summed E-state index contributed by atoms with van der Waals surface area (Å²) < 4.78 is 0.945. The third-order valence-electron chi connectivity index (χ3n) is 4.30. The number of nitrogens with zero attached hydrogens (tertiary/aromatic N) is 2. The van der Waals surface area contributed by atoms with E-state index in [2.05, 4.69) is 26.6 Å². The molecule has 1 heterocycles. The number of hydrogen-bond donors (Lipinski definition) is 2. The molecule has 2 N–H and O–H groups in total. The summed E-state index contributed by atoms with van der Waals surface area (Å²) in [6, 6.07) is 7.30. The highest BCUT2D eigenvalue weighted by atomic mass is 79.9. The Morgan fingerprint density at radius 2 is 1.77 bits per heavy atom. The summed E-state index contributed by atoms with van der Waals surface area (Å²) in [7, 11) is 3.45. The highest BCUT2D eigenvalue weighted by Gasteiger charge is 2.27. The van der Waals surface area contributed by atoms with Crippen LogP contribution in [0.4, 0.5) is 10.5 Å². The molecule has 0 unspecified atom stereocenters. The number of hydrogen-bond acceptors (Lipinski definition) is 3. The molecule has 0 radical (unpaired) electrons. The fourth-order valence-corrected chi connectivity index (χ4v) is 3.08. The van der Waals surface area contributed by atoms with E-state index in [9.17, 15) is 14.4 Å². The number of benzene rings is 1. The first kappa shape index (κ1) is 20.2. The Hall–Kier alpha value is -2.09. The molecule has 1 aliphatic rings. The number of urea groups is 1. The number of piperidine rings is 1. The van der Waals surface area contributed by atoms with E-state index >= 15 is 0 Å². The number of rotatable bonds is 5. The number of carbonyl (C=O) groups excluding carboxylic acids is 3. The smallest absolute Gasteiger partial charge is 0.319 e. The second-order valence-electron chi connectivity index (χ2n) is 6.53. The van der Waals surface area contributed by atoms with Gasteiger partial charge in [-0.25, -0.2) is 4.79 Å². The zero-order valence-electron chi connectivity index (χ0n) is 15.1. The summed E-state index contributed by atoms with van der Waals surface area (Å²) >= 11 is 3.34. The minimum Gasteiger partial charge on any atom is -0.355 e. The van der Waals surface area contributed by atoms with Crippen LogP contribution >= 0.6 is 15.9 Å². The molecule has 0 saturated carbocycles. The van der Waals surface area contributed by atoms with E-state index in [1.807, 2.05) is 24.3 Å². The SMILES string of the molecule is CN(C)C(=O)N1CCC(C(=O)NCCC(=O)Nc2ccc(Br)cc2)CC1. The molecule has 1 aromatic rings. The Kier molecular flexibility index (Phi) is 7.44. The number of carbonyl (C=O) groups is 3. The van der Waals surface area contributed by atoms with Crippen molar-refractivity contribution in [2.45, 2.75) is 19.3 Å². The van der Waals surface area contributed by atoms with Gasteiger partial charge in [0.2, 0.25) is 11.8 Å². The molecular formula is C18H25BrN4O3. The van der Waals surface area contributed by atoms with Gasteiger partial charge in [0.05, 0.1) is 0 Å². The molecular weight excluding hydrogens is 400 g/mol. The van der Waals surface area contributed by atoms with Crippen molar-refractivity contribution in [3.8, 4) is 0 Å². The number of nitrogens with one attached hydrogen (secondary N) is 2. The van der Waals surface area contributed by atoms with E-state index in [4.69, 9.17) is 0 Å². The van der Waals surface area contributed by atoms with Crippen molar-refractivity contribution in [3.63, 3.8) is 0 Å². The molecule has 1 fully saturated rings. The average molecular weight is 425 g/mol. The molecule has 0 spiro atoms. The predicted octanol–water partition coefficient (Wildman–Crippen LogP) is 2.29. The quantitative estimate of drug-likeness (QED) is 0.760. The van der Waals surface area contributed by atoms with E-state index in [-0.39, 0.29) is 30.2 Å². The third-order valence-corrected chi connectivity index (χ3v) is 4.83. The molecule has 8 heteroatoms. The van der Waals surface area contributed by atoms with E-state index in [0.29, 0.717) is 32.5 Å². The van der Waals surface area contributed by atoms with Gasteiger partial charge in [0.25, 0.3) is 0 Å². The second-order valence-corrected chi connectivity index (χ2v) is 7.45. The maximum atomic E-state index is 12.2. The van der Waals surface area contributed by atoms with Crippen LogP contribution in [-0.2, 0) is 9.59 Å². The number of halogens is 1. The van der Waals surface area contributed by atoms with Gasteiger partial charge in [-0.3, -0.25) is 9.59 Å². The maximum absolute atomic E-state index is 12.2. The predicted molar refractivity (Wildman–Crippen MR) is 104 cm³/mol. The van der Waals surface area contributed by atoms with Gasteiger partial charge in [-0.05, 0) is 37.1 Å². The lowest BCUT2D eigenvalue weighted by Gasteiger charge is -2.33. The molecule has 4 amide bonds. The van der Waals surface area contributed by atoms with Crippen LogP contribution in [0.25, 0.3) is 0 Å². The normalized spacial score (nSPS) is 14.7. The molecule has 1 aliphatic heterocycles. The van der Waals surface area contributed by atoms with Crippen LogP contribution in [0.1, 0.15) is 19.3 Å². The van der Waals surface area contributed by atoms with Gasteiger partial charge >= 0.3 is 6.03 Å². The summed E-state index contributed by atoms with van der Waals surface area (Å²) in [5.41, 5.74) is 0.724. The summed E-state index contributed by atoms with van der Waals surface area (Å²) in [5.74, 6) is -0.284. The molecule has 0 atom stereocenters. The highest BCUT2D eigenvalue weighted by molar-refractivity contribution is 9.10. The number of amides is 4. The number of anilines is 1. The molecule has 142 valence electrons. The minimum atomic E-state index is -0.140. The van der Waals surface area contributed by atoms with Crippen LogP contribution in [0.3, 0.4) is 0 Å². The molecule has 0 aliphatic carbocycles. The van der Waals surface area contributed by atoms with Crippen LogP contribution in [-0.4, -0.2) is 61.4 Å². The first-order valence-electron chi connectivity index (χ1n) is 8.66. The van der Waals surface area contributed by atoms with Crippen molar-refractivity contribution in [2.24, 2.45) is 5.92 Å². The van der Waals surface area contributed by atoms with Crippen molar-refractivity contribution in [1.82, 2.24) is 15.1 Å². The number of likely N-dealkylation sites (tertiary alicyclic amines) is 1. The van der Waals surface area contributed by atoms with Gasteiger partial charge in [-0.15, -0.1) is 0 Å². The van der Waals surface area contributed by atoms with Gasteiger partial charge in [0, 0.05) is 56.2 Å². The van der Waals surface area contributed by atoms with E-state index in [1.165, 1.54) is 0 Å². The van der Waals surface area contributed by atoms with E-state index < -0.39 is 0 Å². The summed E-state index contributed by atoms with van der Waals surface area (Å²) in [5, 5.41) is 5.62. The first-order chi connectivity index (χ1) is 12.4. The van der Waals surface area contributed by atoms with E-state index in [1.54, 1.807) is 23.9 Å². The lowest BCUT2D eigenvalue weighted by Crippen LogP contribution is -2.46. The van der Waals surface area contributed by atoms with E-state index in [0.717, 1.165) is 10.2 Å². The van der Waals surface area contributed by atoms with Crippen LogP contribution < -0.4 is 10.6 Å². The molecule has 26 heavy (non-hydrogen) atoms. The van der Waals surface area contributed by atoms with Gasteiger partial charge in [0.1, 0.15) is 0 Å². The van der Waals surface area contributed by atoms with Crippen molar-refractivity contribution in [2.75, 3.05) is 39.0 Å². The van der Waals surface area contributed by atoms with Crippen molar-refractivity contribution in [3.05, 3.63) is 28.7 Å². The zero-order valence-corrected chi connectivity index (χ0v) is 16.7. The zero-order chi connectivity index (χ0) is 19.1. The lowest BCUT2D eigenvalue weighted by atomic mass is 9.96. The standard InChI is InChI=1S/C18H25BrN4O3/c1-22(2)18(26)23-11-8-13(9-12-23)17(25)20-10-7-16(24)21-15-5-3-14(19)4-6-15/h3-6,13H,7-12H2,1-2H3,(H,20,25)(H,21,24). The Morgan fingerprint density at radius 1 is 1.15 bits per heavy atom. The monoisotopic (exact) mass is 424 g/mol. The molecule has 0 aromatic heterocycles. The molecule has 1 aromatic carbocycles. The molecule has 0 bridgehead atoms. The summed E-state index contributed by atoms with van der Waals surface area (Å²) in [6.07, 6.45) is 1.52. The third kappa shape index (κ3) is 6.01. The summed E-state index contributed by atoms with van der Waals surface area (Å²) in [6.45, 7) is 1.47.